The molecule has 0 saturated carbocycles. The van der Waals surface area contributed by atoms with Gasteiger partial charge in [-0.3, -0.25) is 10.3 Å². The van der Waals surface area contributed by atoms with Crippen LogP contribution in [0.25, 0.3) is 0 Å². The minimum absolute atomic E-state index is 0.0278. The van der Waals surface area contributed by atoms with Crippen LogP contribution >= 0.6 is 0 Å². The maximum absolute atomic E-state index is 12.7. The summed E-state index contributed by atoms with van der Waals surface area (Å²) in [5.41, 5.74) is 1.14. The number of rotatable bonds is 4. The number of urea groups is 1. The van der Waals surface area contributed by atoms with Gasteiger partial charge in [0, 0.05) is 44.6 Å². The lowest BCUT2D eigenvalue weighted by Gasteiger charge is -2.35. The Morgan fingerprint density at radius 1 is 1.04 bits per heavy atom. The van der Waals surface area contributed by atoms with Gasteiger partial charge in [-0.25, -0.2) is 14.5 Å². The number of nitrogens with zero attached hydrogens (tertiary/aromatic N) is 6. The Labute approximate surface area is 163 Å². The summed E-state index contributed by atoms with van der Waals surface area (Å²) in [7, 11) is 0. The van der Waals surface area contributed by atoms with Crippen molar-refractivity contribution in [2.24, 2.45) is 0 Å². The van der Waals surface area contributed by atoms with Crippen LogP contribution in [0.3, 0.4) is 0 Å². The lowest BCUT2D eigenvalue weighted by atomic mass is 10.1. The number of anilines is 2. The summed E-state index contributed by atoms with van der Waals surface area (Å²) in [6.45, 7) is 4.78. The molecule has 1 saturated heterocycles. The van der Waals surface area contributed by atoms with E-state index in [1.165, 1.54) is 0 Å². The first-order chi connectivity index (χ1) is 13.7. The fraction of sp³-hybridized carbons (Fsp3) is 0.300. The maximum Gasteiger partial charge on any atom is 0.323 e. The summed E-state index contributed by atoms with van der Waals surface area (Å²) in [4.78, 5) is 25.1. The van der Waals surface area contributed by atoms with E-state index in [1.54, 1.807) is 24.8 Å². The highest BCUT2D eigenvalue weighted by atomic mass is 16.2. The molecule has 144 valence electrons. The molecule has 1 fully saturated rings. The molecule has 1 atom stereocenters. The van der Waals surface area contributed by atoms with Gasteiger partial charge in [0.05, 0.1) is 18.4 Å². The molecule has 2 aromatic heterocycles. The Morgan fingerprint density at radius 3 is 2.54 bits per heavy atom. The van der Waals surface area contributed by atoms with Crippen LogP contribution in [0, 0.1) is 0 Å². The van der Waals surface area contributed by atoms with E-state index in [0.29, 0.717) is 18.9 Å². The molecule has 0 spiro atoms. The van der Waals surface area contributed by atoms with E-state index >= 15 is 0 Å². The third-order valence-electron chi connectivity index (χ3n) is 4.99. The molecule has 4 rings (SSSR count). The topological polar surface area (TPSA) is 79.2 Å². The number of carbonyl (C=O) groups excluding carboxylic acids is 1. The standard InChI is InChI=1S/C20H23N7O/c1-16(17-5-3-2-4-6-17)27-18(7-8-23-27)24-20(28)26-13-11-25(12-14-26)19-15-21-9-10-22-19/h2-10,15-16H,11-14H2,1H3,(H,24,28)/t16-/m1/s1. The highest BCUT2D eigenvalue weighted by molar-refractivity contribution is 5.88. The lowest BCUT2D eigenvalue weighted by Crippen LogP contribution is -2.50. The van der Waals surface area contributed by atoms with Gasteiger partial charge >= 0.3 is 6.03 Å². The van der Waals surface area contributed by atoms with E-state index < -0.39 is 0 Å². The van der Waals surface area contributed by atoms with Crippen LogP contribution in [0.4, 0.5) is 16.4 Å². The second kappa shape index (κ2) is 8.08. The van der Waals surface area contributed by atoms with Gasteiger partial charge in [0.25, 0.3) is 0 Å². The van der Waals surface area contributed by atoms with Crippen molar-refractivity contribution in [1.29, 1.82) is 0 Å². The zero-order valence-electron chi connectivity index (χ0n) is 15.8. The van der Waals surface area contributed by atoms with E-state index in [-0.39, 0.29) is 12.1 Å². The van der Waals surface area contributed by atoms with E-state index in [1.807, 2.05) is 33.8 Å². The summed E-state index contributed by atoms with van der Waals surface area (Å²) in [6.07, 6.45) is 6.80. The Kier molecular flexibility index (Phi) is 5.18. The lowest BCUT2D eigenvalue weighted by molar-refractivity contribution is 0.207. The molecule has 2 amide bonds. The number of benzene rings is 1. The summed E-state index contributed by atoms with van der Waals surface area (Å²) in [5.74, 6) is 1.54. The normalized spacial score (nSPS) is 15.3. The number of amides is 2. The predicted molar refractivity (Wildman–Crippen MR) is 107 cm³/mol. The summed E-state index contributed by atoms with van der Waals surface area (Å²) in [5, 5.41) is 7.41. The first-order valence-corrected chi connectivity index (χ1v) is 9.38. The molecule has 0 unspecified atom stereocenters. The highest BCUT2D eigenvalue weighted by Gasteiger charge is 2.23. The van der Waals surface area contributed by atoms with Gasteiger partial charge in [-0.05, 0) is 12.5 Å². The van der Waals surface area contributed by atoms with Gasteiger partial charge in [0.2, 0.25) is 0 Å². The Hall–Kier alpha value is -3.42. The average molecular weight is 377 g/mol. The molecule has 1 N–H and O–H groups in total. The van der Waals surface area contributed by atoms with Gasteiger partial charge in [0.1, 0.15) is 11.6 Å². The molecule has 3 aromatic rings. The SMILES string of the molecule is C[C@H](c1ccccc1)n1nccc1NC(=O)N1CCN(c2cnccn2)CC1. The molecule has 3 heterocycles. The van der Waals surface area contributed by atoms with E-state index in [2.05, 4.69) is 44.3 Å². The van der Waals surface area contributed by atoms with Crippen LogP contribution in [-0.2, 0) is 0 Å². The molecule has 0 radical (unpaired) electrons. The zero-order valence-corrected chi connectivity index (χ0v) is 15.8. The Morgan fingerprint density at radius 2 is 1.82 bits per heavy atom. The van der Waals surface area contributed by atoms with Crippen LogP contribution in [0.5, 0.6) is 0 Å². The van der Waals surface area contributed by atoms with Crippen LogP contribution in [0.15, 0.2) is 61.2 Å². The first-order valence-electron chi connectivity index (χ1n) is 9.38. The number of carbonyl (C=O) groups is 1. The van der Waals surface area contributed by atoms with Gasteiger partial charge in [0.15, 0.2) is 0 Å². The predicted octanol–water partition coefficient (Wildman–Crippen LogP) is 2.64. The highest BCUT2D eigenvalue weighted by Crippen LogP contribution is 2.22. The quantitative estimate of drug-likeness (QED) is 0.756. The van der Waals surface area contributed by atoms with Crippen molar-refractivity contribution in [3.8, 4) is 0 Å². The molecule has 1 aliphatic rings. The van der Waals surface area contributed by atoms with Crippen molar-refractivity contribution in [2.75, 3.05) is 36.4 Å². The van der Waals surface area contributed by atoms with E-state index in [4.69, 9.17) is 0 Å². The second-order valence-electron chi connectivity index (χ2n) is 6.72. The fourth-order valence-electron chi connectivity index (χ4n) is 3.38. The largest absolute Gasteiger partial charge is 0.352 e. The van der Waals surface area contributed by atoms with Gasteiger partial charge in [-0.2, -0.15) is 5.10 Å². The third kappa shape index (κ3) is 3.80. The average Bonchev–Trinajstić information content (AvgIpc) is 3.22. The van der Waals surface area contributed by atoms with Gasteiger partial charge in [-0.1, -0.05) is 30.3 Å². The number of aromatic nitrogens is 4. The van der Waals surface area contributed by atoms with Crippen molar-refractivity contribution in [2.45, 2.75) is 13.0 Å². The third-order valence-corrected chi connectivity index (χ3v) is 4.99. The number of piperazine rings is 1. The summed E-state index contributed by atoms with van der Waals surface area (Å²) in [6, 6.07) is 11.9. The Balaban J connectivity index is 1.38. The van der Waals surface area contributed by atoms with Crippen LogP contribution < -0.4 is 10.2 Å². The molecular weight excluding hydrogens is 354 g/mol. The van der Waals surface area contributed by atoms with Gasteiger partial charge in [-0.15, -0.1) is 0 Å². The smallest absolute Gasteiger partial charge is 0.323 e. The molecule has 1 aliphatic heterocycles. The minimum Gasteiger partial charge on any atom is -0.352 e. The zero-order chi connectivity index (χ0) is 19.3. The summed E-state index contributed by atoms with van der Waals surface area (Å²) < 4.78 is 1.84. The maximum atomic E-state index is 12.7. The molecule has 8 nitrogen and oxygen atoms in total. The Bertz CT molecular complexity index is 905. The number of hydrogen-bond donors (Lipinski definition) is 1. The van der Waals surface area contributed by atoms with Crippen molar-refractivity contribution in [1.82, 2.24) is 24.6 Å². The van der Waals surface area contributed by atoms with Crippen molar-refractivity contribution < 1.29 is 4.79 Å². The van der Waals surface area contributed by atoms with Crippen LogP contribution in [-0.4, -0.2) is 56.9 Å². The molecule has 1 aromatic carbocycles. The molecule has 0 bridgehead atoms. The monoisotopic (exact) mass is 377 g/mol. The van der Waals surface area contributed by atoms with Gasteiger partial charge < -0.3 is 9.80 Å². The first kappa shape index (κ1) is 18.0. The molecule has 28 heavy (non-hydrogen) atoms. The molecule has 0 aliphatic carbocycles. The van der Waals surface area contributed by atoms with Crippen molar-refractivity contribution in [3.05, 3.63) is 66.7 Å². The molecule has 8 heteroatoms. The van der Waals surface area contributed by atoms with Crippen LogP contribution in [0.2, 0.25) is 0 Å². The van der Waals surface area contributed by atoms with Crippen LogP contribution in [0.1, 0.15) is 18.5 Å². The second-order valence-corrected chi connectivity index (χ2v) is 6.72. The van der Waals surface area contributed by atoms with Crippen molar-refractivity contribution in [3.63, 3.8) is 0 Å². The number of nitrogens with one attached hydrogen (secondary N) is 1. The van der Waals surface area contributed by atoms with Crippen molar-refractivity contribution >= 4 is 17.7 Å². The molecular formula is C20H23N7O. The van der Waals surface area contributed by atoms with E-state index in [9.17, 15) is 4.79 Å². The minimum atomic E-state index is -0.110. The number of hydrogen-bond acceptors (Lipinski definition) is 5. The fourth-order valence-corrected chi connectivity index (χ4v) is 3.38. The van der Waals surface area contributed by atoms with E-state index in [0.717, 1.165) is 24.5 Å². The summed E-state index contributed by atoms with van der Waals surface area (Å²) >= 11 is 0.